The highest BCUT2D eigenvalue weighted by Crippen LogP contribution is 2.22. The first-order valence-corrected chi connectivity index (χ1v) is 9.15. The summed E-state index contributed by atoms with van der Waals surface area (Å²) in [4.78, 5) is 7.20. The smallest absolute Gasteiger partial charge is 0.191 e. The summed E-state index contributed by atoms with van der Waals surface area (Å²) in [5, 5.41) is 17.0. The van der Waals surface area contributed by atoms with E-state index in [9.17, 15) is 5.11 Å². The van der Waals surface area contributed by atoms with Gasteiger partial charge in [0.2, 0.25) is 0 Å². The van der Waals surface area contributed by atoms with Gasteiger partial charge in [0, 0.05) is 16.3 Å². The van der Waals surface area contributed by atoms with Crippen LogP contribution in [0.15, 0.2) is 33.7 Å². The molecule has 2 aromatic heterocycles. The van der Waals surface area contributed by atoms with Gasteiger partial charge in [-0.15, -0.1) is 35.3 Å². The van der Waals surface area contributed by atoms with Crippen molar-refractivity contribution in [3.63, 3.8) is 0 Å². The minimum Gasteiger partial charge on any atom is -0.463 e. The fraction of sp³-hybridized carbons (Fsp3) is 0.500. The van der Waals surface area contributed by atoms with Gasteiger partial charge in [-0.25, -0.2) is 4.99 Å². The molecule has 0 saturated carbocycles. The molecule has 0 radical (unpaired) electrons. The van der Waals surface area contributed by atoms with Crippen LogP contribution in [-0.2, 0) is 18.6 Å². The maximum absolute atomic E-state index is 10.6. The lowest BCUT2D eigenvalue weighted by Gasteiger charge is -2.22. The molecule has 5 nitrogen and oxygen atoms in total. The number of hydrogen-bond acceptors (Lipinski definition) is 4. The highest BCUT2D eigenvalue weighted by molar-refractivity contribution is 14.0. The number of guanidine groups is 1. The third kappa shape index (κ3) is 6.63. The zero-order valence-electron chi connectivity index (χ0n) is 15.3. The standard InChI is InChI=1S/C18H27N3O2S.HI/c1-5-14-8-9-15(24-14)11-20-17(19-6-2)21-12-18(4,22)16-10-7-13(3)23-16;/h7-10,22H,5-6,11-12H2,1-4H3,(H2,19,20,21);1H. The minimum absolute atomic E-state index is 0. The van der Waals surface area contributed by atoms with Gasteiger partial charge in [-0.05, 0) is 51.5 Å². The fourth-order valence-corrected chi connectivity index (χ4v) is 3.15. The highest BCUT2D eigenvalue weighted by atomic mass is 127. The van der Waals surface area contributed by atoms with Gasteiger partial charge in [0.25, 0.3) is 0 Å². The van der Waals surface area contributed by atoms with Crippen molar-refractivity contribution >= 4 is 41.3 Å². The Labute approximate surface area is 171 Å². The van der Waals surface area contributed by atoms with E-state index in [1.807, 2.05) is 19.9 Å². The first kappa shape index (κ1) is 22.0. The summed E-state index contributed by atoms with van der Waals surface area (Å²) in [6.45, 7) is 9.48. The zero-order chi connectivity index (χ0) is 17.6. The van der Waals surface area contributed by atoms with Crippen LogP contribution in [0.3, 0.4) is 0 Å². The van der Waals surface area contributed by atoms with Crippen LogP contribution in [0.4, 0.5) is 0 Å². The molecule has 0 aliphatic rings. The number of rotatable bonds is 7. The summed E-state index contributed by atoms with van der Waals surface area (Å²) in [5.74, 6) is 2.02. The van der Waals surface area contributed by atoms with Gasteiger partial charge >= 0.3 is 0 Å². The van der Waals surface area contributed by atoms with Crippen molar-refractivity contribution in [3.8, 4) is 0 Å². The Hall–Kier alpha value is -1.06. The Morgan fingerprint density at radius 2 is 1.92 bits per heavy atom. The Bertz CT molecular complexity index is 679. The largest absolute Gasteiger partial charge is 0.463 e. The van der Waals surface area contributed by atoms with Gasteiger partial charge < -0.3 is 20.2 Å². The SMILES string of the molecule is CCNC(=NCc1ccc(CC)s1)NCC(C)(O)c1ccc(C)o1.I. The lowest BCUT2D eigenvalue weighted by atomic mass is 10.0. The van der Waals surface area contributed by atoms with E-state index in [1.165, 1.54) is 9.75 Å². The van der Waals surface area contributed by atoms with Crippen molar-refractivity contribution in [1.29, 1.82) is 0 Å². The van der Waals surface area contributed by atoms with Crippen LogP contribution in [0.25, 0.3) is 0 Å². The number of furan rings is 1. The first-order valence-electron chi connectivity index (χ1n) is 8.33. The van der Waals surface area contributed by atoms with Crippen LogP contribution in [0.5, 0.6) is 0 Å². The Balaban J connectivity index is 0.00000312. The van der Waals surface area contributed by atoms with Gasteiger partial charge in [-0.3, -0.25) is 0 Å². The van der Waals surface area contributed by atoms with Gasteiger partial charge in [0.05, 0.1) is 13.1 Å². The number of nitrogens with one attached hydrogen (secondary N) is 2. The summed E-state index contributed by atoms with van der Waals surface area (Å²) in [7, 11) is 0. The maximum atomic E-state index is 10.6. The third-order valence-corrected chi connectivity index (χ3v) is 4.89. The molecule has 3 N–H and O–H groups in total. The average molecular weight is 477 g/mol. The van der Waals surface area contributed by atoms with E-state index >= 15 is 0 Å². The van der Waals surface area contributed by atoms with E-state index in [-0.39, 0.29) is 24.0 Å². The Morgan fingerprint density at radius 3 is 2.48 bits per heavy atom. The molecule has 0 spiro atoms. The van der Waals surface area contributed by atoms with E-state index in [0.29, 0.717) is 24.8 Å². The number of nitrogens with zero attached hydrogens (tertiary/aromatic N) is 1. The normalized spacial score (nSPS) is 13.9. The highest BCUT2D eigenvalue weighted by Gasteiger charge is 2.27. The van der Waals surface area contributed by atoms with Crippen LogP contribution in [-0.4, -0.2) is 24.2 Å². The van der Waals surface area contributed by atoms with Gasteiger partial charge in [-0.1, -0.05) is 6.92 Å². The van der Waals surface area contributed by atoms with Crippen LogP contribution in [0, 0.1) is 6.92 Å². The second kappa shape index (κ2) is 10.2. The summed E-state index contributed by atoms with van der Waals surface area (Å²) < 4.78 is 5.54. The van der Waals surface area contributed by atoms with Crippen molar-refractivity contribution in [2.24, 2.45) is 4.99 Å². The Kier molecular flexibility index (Phi) is 8.95. The molecule has 2 heterocycles. The molecule has 0 aliphatic heterocycles. The molecule has 25 heavy (non-hydrogen) atoms. The molecule has 0 aliphatic carbocycles. The van der Waals surface area contributed by atoms with E-state index in [1.54, 1.807) is 24.3 Å². The molecule has 0 bridgehead atoms. The number of halogens is 1. The molecule has 2 aromatic rings. The quantitative estimate of drug-likeness (QED) is 0.323. The van der Waals surface area contributed by atoms with Crippen LogP contribution in [0.2, 0.25) is 0 Å². The predicted octanol–water partition coefficient (Wildman–Crippen LogP) is 3.79. The van der Waals surface area contributed by atoms with Crippen LogP contribution in [0.1, 0.15) is 42.0 Å². The second-order valence-electron chi connectivity index (χ2n) is 5.95. The molecule has 1 atom stereocenters. The number of aryl methyl sites for hydroxylation is 2. The molecule has 7 heteroatoms. The second-order valence-corrected chi connectivity index (χ2v) is 7.21. The molecule has 140 valence electrons. The van der Waals surface area contributed by atoms with Crippen molar-refractivity contribution in [1.82, 2.24) is 10.6 Å². The number of thiophene rings is 1. The zero-order valence-corrected chi connectivity index (χ0v) is 18.4. The number of hydrogen-bond donors (Lipinski definition) is 3. The molecule has 2 rings (SSSR count). The summed E-state index contributed by atoms with van der Waals surface area (Å²) in [5.41, 5.74) is -1.09. The van der Waals surface area contributed by atoms with E-state index < -0.39 is 5.60 Å². The third-order valence-electron chi connectivity index (χ3n) is 3.67. The summed E-state index contributed by atoms with van der Waals surface area (Å²) in [6.07, 6.45) is 1.05. The summed E-state index contributed by atoms with van der Waals surface area (Å²) in [6, 6.07) is 7.93. The van der Waals surface area contributed by atoms with Crippen LogP contribution >= 0.6 is 35.3 Å². The molecule has 0 amide bonds. The van der Waals surface area contributed by atoms with Crippen molar-refractivity contribution in [3.05, 3.63) is 45.5 Å². The predicted molar refractivity (Wildman–Crippen MR) is 115 cm³/mol. The maximum Gasteiger partial charge on any atom is 0.191 e. The summed E-state index contributed by atoms with van der Waals surface area (Å²) >= 11 is 1.79. The van der Waals surface area contributed by atoms with Crippen molar-refractivity contribution < 1.29 is 9.52 Å². The van der Waals surface area contributed by atoms with E-state index in [2.05, 4.69) is 34.7 Å². The molecular weight excluding hydrogens is 449 g/mol. The van der Waals surface area contributed by atoms with E-state index in [0.717, 1.165) is 18.7 Å². The molecular formula is C18H28IN3O2S. The minimum atomic E-state index is -1.09. The number of aliphatic hydroxyl groups is 1. The first-order chi connectivity index (χ1) is 11.4. The monoisotopic (exact) mass is 477 g/mol. The molecule has 1 unspecified atom stereocenters. The van der Waals surface area contributed by atoms with Crippen LogP contribution < -0.4 is 10.6 Å². The molecule has 0 saturated heterocycles. The fourth-order valence-electron chi connectivity index (χ4n) is 2.26. The number of aliphatic imine (C=N–C) groups is 1. The van der Waals surface area contributed by atoms with Crippen molar-refractivity contribution in [2.75, 3.05) is 13.1 Å². The Morgan fingerprint density at radius 1 is 1.20 bits per heavy atom. The molecule has 0 fully saturated rings. The van der Waals surface area contributed by atoms with Gasteiger partial charge in [-0.2, -0.15) is 0 Å². The average Bonchev–Trinajstić information content (AvgIpc) is 3.19. The van der Waals surface area contributed by atoms with Crippen molar-refractivity contribution in [2.45, 2.75) is 46.3 Å². The van der Waals surface area contributed by atoms with Gasteiger partial charge in [0.15, 0.2) is 5.96 Å². The van der Waals surface area contributed by atoms with Gasteiger partial charge in [0.1, 0.15) is 17.1 Å². The topological polar surface area (TPSA) is 69.8 Å². The lowest BCUT2D eigenvalue weighted by Crippen LogP contribution is -2.44. The molecule has 0 aromatic carbocycles. The lowest BCUT2D eigenvalue weighted by molar-refractivity contribution is 0.0378. The van der Waals surface area contributed by atoms with E-state index in [4.69, 9.17) is 4.42 Å².